The molecule has 0 aromatic heterocycles. The Morgan fingerprint density at radius 1 is 1.07 bits per heavy atom. The molecule has 0 radical (unpaired) electrons. The molecule has 0 atom stereocenters. The number of hydrogen-bond donors (Lipinski definition) is 1. The van der Waals surface area contributed by atoms with Crippen LogP contribution in [0.5, 0.6) is 11.5 Å². The van der Waals surface area contributed by atoms with Gasteiger partial charge in [-0.15, -0.1) is 0 Å². The lowest BCUT2D eigenvalue weighted by Gasteiger charge is -2.20. The van der Waals surface area contributed by atoms with E-state index in [-0.39, 0.29) is 18.5 Å². The number of methoxy groups -OCH3 is 1. The second kappa shape index (κ2) is 8.44. The summed E-state index contributed by atoms with van der Waals surface area (Å²) in [6.45, 7) is 3.34. The van der Waals surface area contributed by atoms with E-state index in [1.165, 1.54) is 4.90 Å². The fourth-order valence-electron chi connectivity index (χ4n) is 3.02. The first kappa shape index (κ1) is 18.6. The summed E-state index contributed by atoms with van der Waals surface area (Å²) in [5.74, 6) is 0.969. The van der Waals surface area contributed by atoms with Gasteiger partial charge in [0.2, 0.25) is 5.91 Å². The van der Waals surface area contributed by atoms with E-state index in [2.05, 4.69) is 5.32 Å². The minimum absolute atomic E-state index is 0.0229. The highest BCUT2D eigenvalue weighted by Gasteiger charge is 2.32. The van der Waals surface area contributed by atoms with Gasteiger partial charge in [-0.3, -0.25) is 9.69 Å². The van der Waals surface area contributed by atoms with Crippen LogP contribution in [0.15, 0.2) is 48.5 Å². The molecule has 1 N–H and O–H groups in total. The smallest absolute Gasteiger partial charge is 0.325 e. The molecule has 27 heavy (non-hydrogen) atoms. The first-order valence-corrected chi connectivity index (χ1v) is 8.85. The lowest BCUT2D eigenvalue weighted by Crippen LogP contribution is -2.37. The second-order valence-electron chi connectivity index (χ2n) is 6.00. The predicted molar refractivity (Wildman–Crippen MR) is 104 cm³/mol. The lowest BCUT2D eigenvalue weighted by molar-refractivity contribution is -0.116. The third-order valence-corrected chi connectivity index (χ3v) is 4.27. The molecule has 3 rings (SSSR count). The van der Waals surface area contributed by atoms with Crippen LogP contribution in [0.1, 0.15) is 6.92 Å². The Kier molecular flexibility index (Phi) is 5.80. The molecule has 0 aliphatic carbocycles. The number of nitrogens with one attached hydrogen (secondary N) is 1. The minimum atomic E-state index is -0.266. The largest absolute Gasteiger partial charge is 0.495 e. The molecular weight excluding hydrogens is 346 g/mol. The van der Waals surface area contributed by atoms with Gasteiger partial charge in [0, 0.05) is 13.1 Å². The molecule has 1 fully saturated rings. The number of nitrogens with zero attached hydrogens (tertiary/aromatic N) is 2. The summed E-state index contributed by atoms with van der Waals surface area (Å²) >= 11 is 0. The second-order valence-corrected chi connectivity index (χ2v) is 6.00. The molecule has 1 aliphatic rings. The van der Waals surface area contributed by atoms with Crippen LogP contribution in [0.4, 0.5) is 16.2 Å². The molecule has 0 spiro atoms. The van der Waals surface area contributed by atoms with E-state index < -0.39 is 0 Å². The van der Waals surface area contributed by atoms with Crippen molar-refractivity contribution in [2.45, 2.75) is 6.92 Å². The van der Waals surface area contributed by atoms with Crippen LogP contribution < -0.4 is 19.7 Å². The summed E-state index contributed by atoms with van der Waals surface area (Å²) in [4.78, 5) is 28.3. The minimum Gasteiger partial charge on any atom is -0.495 e. The molecule has 142 valence electrons. The molecule has 0 bridgehead atoms. The third-order valence-electron chi connectivity index (χ3n) is 4.27. The molecule has 1 aliphatic heterocycles. The molecule has 0 unspecified atom stereocenters. The van der Waals surface area contributed by atoms with Crippen LogP contribution in [-0.2, 0) is 4.79 Å². The molecule has 3 amide bonds. The van der Waals surface area contributed by atoms with Gasteiger partial charge in [-0.25, -0.2) is 4.79 Å². The highest BCUT2D eigenvalue weighted by Crippen LogP contribution is 2.30. The normalized spacial score (nSPS) is 13.6. The van der Waals surface area contributed by atoms with Gasteiger partial charge in [-0.2, -0.15) is 0 Å². The number of hydrogen-bond acceptors (Lipinski definition) is 4. The molecule has 0 saturated carbocycles. The van der Waals surface area contributed by atoms with Gasteiger partial charge < -0.3 is 19.7 Å². The molecule has 2 aromatic rings. The van der Waals surface area contributed by atoms with Crippen molar-refractivity contribution in [3.8, 4) is 11.5 Å². The third kappa shape index (κ3) is 4.13. The van der Waals surface area contributed by atoms with Crippen LogP contribution in [0.3, 0.4) is 0 Å². The lowest BCUT2D eigenvalue weighted by atomic mass is 10.2. The Bertz CT molecular complexity index is 824. The van der Waals surface area contributed by atoms with Crippen molar-refractivity contribution in [1.29, 1.82) is 0 Å². The molecular formula is C20H23N3O4. The van der Waals surface area contributed by atoms with Crippen molar-refractivity contribution in [3.63, 3.8) is 0 Å². The van der Waals surface area contributed by atoms with Gasteiger partial charge in [-0.1, -0.05) is 24.3 Å². The quantitative estimate of drug-likeness (QED) is 0.815. The zero-order valence-corrected chi connectivity index (χ0v) is 15.5. The fourth-order valence-corrected chi connectivity index (χ4v) is 3.02. The van der Waals surface area contributed by atoms with Crippen LogP contribution in [0, 0.1) is 0 Å². The number of benzene rings is 2. The first-order valence-electron chi connectivity index (χ1n) is 8.85. The monoisotopic (exact) mass is 369 g/mol. The van der Waals surface area contributed by atoms with Crippen LogP contribution in [0.2, 0.25) is 0 Å². The van der Waals surface area contributed by atoms with Crippen molar-refractivity contribution >= 4 is 23.3 Å². The van der Waals surface area contributed by atoms with Crippen molar-refractivity contribution in [1.82, 2.24) is 4.90 Å². The van der Waals surface area contributed by atoms with Gasteiger partial charge in [0.05, 0.1) is 25.1 Å². The van der Waals surface area contributed by atoms with Gasteiger partial charge >= 0.3 is 6.03 Å². The van der Waals surface area contributed by atoms with Gasteiger partial charge in [0.1, 0.15) is 18.0 Å². The fraction of sp³-hybridized carbons (Fsp3) is 0.300. The number of carbonyl (C=O) groups is 2. The summed E-state index contributed by atoms with van der Waals surface area (Å²) in [5.41, 5.74) is 1.30. The Hall–Kier alpha value is -3.22. The Balaban J connectivity index is 1.65. The van der Waals surface area contributed by atoms with Crippen molar-refractivity contribution < 1.29 is 19.1 Å². The van der Waals surface area contributed by atoms with Crippen LogP contribution >= 0.6 is 0 Å². The number of carbonyl (C=O) groups excluding carboxylic acids is 2. The van der Waals surface area contributed by atoms with Gasteiger partial charge in [-0.05, 0) is 31.2 Å². The van der Waals surface area contributed by atoms with Gasteiger partial charge in [0.15, 0.2) is 0 Å². The maximum atomic E-state index is 12.7. The highest BCUT2D eigenvalue weighted by atomic mass is 16.5. The van der Waals surface area contributed by atoms with E-state index in [9.17, 15) is 9.59 Å². The summed E-state index contributed by atoms with van der Waals surface area (Å²) in [6.07, 6.45) is 0. The maximum absolute atomic E-state index is 12.7. The predicted octanol–water partition coefficient (Wildman–Crippen LogP) is 2.97. The zero-order valence-electron chi connectivity index (χ0n) is 15.5. The standard InChI is InChI=1S/C20H23N3O4/c1-3-27-17-10-6-4-8-15(17)21-19(24)14-22-12-13-23(20(22)25)16-9-5-7-11-18(16)26-2/h4-11H,3,12-14H2,1-2H3,(H,21,24). The summed E-state index contributed by atoms with van der Waals surface area (Å²) in [5, 5.41) is 2.82. The van der Waals surface area contributed by atoms with Crippen molar-refractivity contribution in [2.75, 3.05) is 43.6 Å². The SMILES string of the molecule is CCOc1ccccc1NC(=O)CN1CCN(c2ccccc2OC)C1=O. The Labute approximate surface area is 158 Å². The van der Waals surface area contributed by atoms with E-state index in [4.69, 9.17) is 9.47 Å². The summed E-state index contributed by atoms with van der Waals surface area (Å²) in [6, 6.07) is 14.4. The highest BCUT2D eigenvalue weighted by molar-refractivity contribution is 6.00. The van der Waals surface area contributed by atoms with Crippen LogP contribution in [-0.4, -0.2) is 50.2 Å². The van der Waals surface area contributed by atoms with E-state index in [0.717, 1.165) is 0 Å². The number of rotatable bonds is 7. The van der Waals surface area contributed by atoms with Crippen LogP contribution in [0.25, 0.3) is 0 Å². The van der Waals surface area contributed by atoms with E-state index in [1.807, 2.05) is 43.3 Å². The number of ether oxygens (including phenoxy) is 2. The number of amides is 3. The summed E-state index contributed by atoms with van der Waals surface area (Å²) in [7, 11) is 1.57. The molecule has 7 nitrogen and oxygen atoms in total. The number of anilines is 2. The maximum Gasteiger partial charge on any atom is 0.325 e. The van der Waals surface area contributed by atoms with E-state index in [0.29, 0.717) is 42.6 Å². The number of para-hydroxylation sites is 4. The van der Waals surface area contributed by atoms with Crippen molar-refractivity contribution in [2.24, 2.45) is 0 Å². The Morgan fingerprint density at radius 2 is 1.78 bits per heavy atom. The van der Waals surface area contributed by atoms with E-state index in [1.54, 1.807) is 24.1 Å². The summed E-state index contributed by atoms with van der Waals surface area (Å²) < 4.78 is 10.8. The zero-order chi connectivity index (χ0) is 19.2. The van der Waals surface area contributed by atoms with Crippen molar-refractivity contribution in [3.05, 3.63) is 48.5 Å². The van der Waals surface area contributed by atoms with Gasteiger partial charge in [0.25, 0.3) is 0 Å². The molecule has 1 saturated heterocycles. The number of urea groups is 1. The molecule has 2 aromatic carbocycles. The van der Waals surface area contributed by atoms with E-state index >= 15 is 0 Å². The topological polar surface area (TPSA) is 71.1 Å². The Morgan fingerprint density at radius 3 is 2.52 bits per heavy atom. The molecule has 7 heteroatoms. The average molecular weight is 369 g/mol. The molecule has 1 heterocycles. The average Bonchev–Trinajstić information content (AvgIpc) is 3.03. The first-order chi connectivity index (χ1) is 13.1.